The fourth-order valence-electron chi connectivity index (χ4n) is 4.02. The normalized spacial score (nSPS) is 11.8. The molecule has 0 saturated carbocycles. The first-order valence-corrected chi connectivity index (χ1v) is 9.60. The number of pyridine rings is 1. The zero-order chi connectivity index (χ0) is 19.5. The number of aromatic nitrogens is 2. The molecule has 0 aliphatic rings. The third-order valence-electron chi connectivity index (χ3n) is 5.28. The molecular formula is C24H13ClN2O2. The van der Waals surface area contributed by atoms with E-state index in [1.54, 1.807) is 12.1 Å². The highest BCUT2D eigenvalue weighted by atomic mass is 35.5. The number of fused-ring (bicyclic) bond motifs is 7. The van der Waals surface area contributed by atoms with Gasteiger partial charge in [-0.2, -0.15) is 0 Å². The van der Waals surface area contributed by atoms with Gasteiger partial charge in [0.1, 0.15) is 11.0 Å². The summed E-state index contributed by atoms with van der Waals surface area (Å²) in [5.74, 6) is 0. The summed E-state index contributed by atoms with van der Waals surface area (Å²) in [5.41, 5.74) is 4.43. The van der Waals surface area contributed by atoms with Crippen LogP contribution < -0.4 is 5.63 Å². The van der Waals surface area contributed by atoms with Crippen molar-refractivity contribution in [3.63, 3.8) is 0 Å². The van der Waals surface area contributed by atoms with Gasteiger partial charge in [0.2, 0.25) is 0 Å². The van der Waals surface area contributed by atoms with Crippen LogP contribution in [0.25, 0.3) is 49.7 Å². The van der Waals surface area contributed by atoms with E-state index >= 15 is 0 Å². The molecule has 0 saturated heterocycles. The van der Waals surface area contributed by atoms with Gasteiger partial charge in [-0.1, -0.05) is 54.1 Å². The number of hydrogen-bond donors (Lipinski definition) is 0. The van der Waals surface area contributed by atoms with Crippen LogP contribution in [0.15, 0.2) is 88.1 Å². The summed E-state index contributed by atoms with van der Waals surface area (Å²) in [6, 6.07) is 25.3. The highest BCUT2D eigenvalue weighted by molar-refractivity contribution is 6.31. The number of hydrogen-bond acceptors (Lipinski definition) is 3. The number of rotatable bonds is 1. The summed E-state index contributed by atoms with van der Waals surface area (Å²) in [7, 11) is 0. The van der Waals surface area contributed by atoms with Gasteiger partial charge in [-0.3, -0.25) is 4.40 Å². The van der Waals surface area contributed by atoms with Crippen LogP contribution in [0.1, 0.15) is 0 Å². The Bertz CT molecular complexity index is 1630. The Balaban J connectivity index is 1.95. The van der Waals surface area contributed by atoms with Gasteiger partial charge in [0.25, 0.3) is 0 Å². The van der Waals surface area contributed by atoms with Crippen LogP contribution in [0, 0.1) is 0 Å². The summed E-state index contributed by atoms with van der Waals surface area (Å²) >= 11 is 6.26. The van der Waals surface area contributed by atoms with Gasteiger partial charge in [0.05, 0.1) is 16.7 Å². The molecule has 0 aliphatic heterocycles. The summed E-state index contributed by atoms with van der Waals surface area (Å²) in [5, 5.41) is 2.61. The summed E-state index contributed by atoms with van der Waals surface area (Å²) in [4.78, 5) is 17.8. The first kappa shape index (κ1) is 16.3. The number of imidazole rings is 1. The average molecular weight is 397 g/mol. The van der Waals surface area contributed by atoms with Gasteiger partial charge in [-0.05, 0) is 42.0 Å². The second-order valence-corrected chi connectivity index (χ2v) is 7.41. The number of para-hydroxylation sites is 2. The lowest BCUT2D eigenvalue weighted by Crippen LogP contribution is -2.04. The fourth-order valence-corrected chi connectivity index (χ4v) is 4.19. The molecule has 0 aliphatic carbocycles. The van der Waals surface area contributed by atoms with Crippen LogP contribution >= 0.6 is 11.6 Å². The Morgan fingerprint density at radius 1 is 0.862 bits per heavy atom. The van der Waals surface area contributed by atoms with E-state index in [-0.39, 0.29) is 0 Å². The monoisotopic (exact) mass is 396 g/mol. The van der Waals surface area contributed by atoms with Crippen molar-refractivity contribution < 1.29 is 4.42 Å². The Labute approximate surface area is 169 Å². The predicted octanol–water partition coefficient (Wildman–Crippen LogP) is 6.07. The minimum atomic E-state index is -0.408. The van der Waals surface area contributed by atoms with E-state index in [0.29, 0.717) is 21.6 Å². The third kappa shape index (κ3) is 2.33. The molecule has 3 heterocycles. The van der Waals surface area contributed by atoms with Crippen molar-refractivity contribution in [3.8, 4) is 11.3 Å². The molecule has 0 N–H and O–H groups in total. The van der Waals surface area contributed by atoms with Crippen LogP contribution in [0.4, 0.5) is 0 Å². The van der Waals surface area contributed by atoms with Gasteiger partial charge >= 0.3 is 5.63 Å². The van der Waals surface area contributed by atoms with Crippen molar-refractivity contribution in [3.05, 3.63) is 94.3 Å². The van der Waals surface area contributed by atoms with E-state index in [9.17, 15) is 4.79 Å². The van der Waals surface area contributed by atoms with Crippen molar-refractivity contribution in [1.29, 1.82) is 0 Å². The van der Waals surface area contributed by atoms with Crippen LogP contribution in [0.3, 0.4) is 0 Å². The van der Waals surface area contributed by atoms with Crippen LogP contribution in [0.5, 0.6) is 0 Å². The Morgan fingerprint density at radius 2 is 1.66 bits per heavy atom. The second kappa shape index (κ2) is 5.93. The standard InChI is InChI=1S/C24H13ClN2O2/c25-15-10-11-21-16(12-15)17-13-20(14-6-2-1-3-7-14)27-19-9-5-4-8-18(19)26-23(27)22(17)24(28)29-21/h1-13H. The third-order valence-corrected chi connectivity index (χ3v) is 5.52. The fraction of sp³-hybridized carbons (Fsp3) is 0. The molecule has 5 heteroatoms. The molecule has 29 heavy (non-hydrogen) atoms. The number of benzene rings is 3. The van der Waals surface area contributed by atoms with Gasteiger partial charge in [0, 0.05) is 15.8 Å². The van der Waals surface area contributed by atoms with Crippen LogP contribution in [0.2, 0.25) is 5.02 Å². The average Bonchev–Trinajstić information content (AvgIpc) is 3.13. The molecule has 0 atom stereocenters. The molecule has 3 aromatic carbocycles. The largest absolute Gasteiger partial charge is 0.422 e. The van der Waals surface area contributed by atoms with E-state index in [1.807, 2.05) is 59.0 Å². The van der Waals surface area contributed by atoms with E-state index < -0.39 is 5.63 Å². The minimum Gasteiger partial charge on any atom is -0.422 e. The Morgan fingerprint density at radius 3 is 2.52 bits per heavy atom. The second-order valence-electron chi connectivity index (χ2n) is 6.97. The predicted molar refractivity (Wildman–Crippen MR) is 117 cm³/mol. The number of nitrogens with zero attached hydrogens (tertiary/aromatic N) is 2. The summed E-state index contributed by atoms with van der Waals surface area (Å²) in [6.45, 7) is 0. The SMILES string of the molecule is O=c1oc2ccc(Cl)cc2c2cc(-c3ccccc3)n3c4ccccc4nc3c12. The molecule has 138 valence electrons. The van der Waals surface area contributed by atoms with Crippen molar-refractivity contribution in [2.24, 2.45) is 0 Å². The van der Waals surface area contributed by atoms with E-state index in [4.69, 9.17) is 21.0 Å². The lowest BCUT2D eigenvalue weighted by Gasteiger charge is -2.11. The molecular weight excluding hydrogens is 384 g/mol. The highest BCUT2D eigenvalue weighted by Gasteiger charge is 2.18. The molecule has 0 radical (unpaired) electrons. The first-order valence-electron chi connectivity index (χ1n) is 9.22. The van der Waals surface area contributed by atoms with E-state index in [0.717, 1.165) is 33.1 Å². The van der Waals surface area contributed by atoms with Crippen LogP contribution in [-0.2, 0) is 0 Å². The quantitative estimate of drug-likeness (QED) is 0.250. The maximum atomic E-state index is 13.0. The lowest BCUT2D eigenvalue weighted by molar-refractivity contribution is 0.570. The molecule has 6 rings (SSSR count). The molecule has 3 aromatic heterocycles. The van der Waals surface area contributed by atoms with Crippen molar-refractivity contribution in [2.45, 2.75) is 0 Å². The summed E-state index contributed by atoms with van der Waals surface area (Å²) in [6.07, 6.45) is 0. The topological polar surface area (TPSA) is 47.5 Å². The Kier molecular flexibility index (Phi) is 3.34. The van der Waals surface area contributed by atoms with Crippen LogP contribution in [-0.4, -0.2) is 9.38 Å². The zero-order valence-corrected chi connectivity index (χ0v) is 15.9. The van der Waals surface area contributed by atoms with Crippen molar-refractivity contribution >= 4 is 50.0 Å². The highest BCUT2D eigenvalue weighted by Crippen LogP contribution is 2.34. The smallest absolute Gasteiger partial charge is 0.348 e. The van der Waals surface area contributed by atoms with Gasteiger partial charge in [0.15, 0.2) is 5.65 Å². The molecule has 6 aromatic rings. The summed E-state index contributed by atoms with van der Waals surface area (Å²) < 4.78 is 7.64. The maximum absolute atomic E-state index is 13.0. The molecule has 4 nitrogen and oxygen atoms in total. The molecule has 0 unspecified atom stereocenters. The Hall–Kier alpha value is -3.63. The van der Waals surface area contributed by atoms with Gasteiger partial charge in [-0.15, -0.1) is 0 Å². The molecule has 0 amide bonds. The minimum absolute atomic E-state index is 0.408. The lowest BCUT2D eigenvalue weighted by atomic mass is 10.0. The molecule has 0 bridgehead atoms. The molecule has 0 spiro atoms. The number of halogens is 1. The van der Waals surface area contributed by atoms with Crippen molar-refractivity contribution in [1.82, 2.24) is 9.38 Å². The van der Waals surface area contributed by atoms with Gasteiger partial charge < -0.3 is 4.42 Å². The van der Waals surface area contributed by atoms with Gasteiger partial charge in [-0.25, -0.2) is 9.78 Å². The maximum Gasteiger partial charge on any atom is 0.348 e. The first-order chi connectivity index (χ1) is 14.2. The van der Waals surface area contributed by atoms with E-state index in [2.05, 4.69) is 12.1 Å². The van der Waals surface area contributed by atoms with E-state index in [1.165, 1.54) is 0 Å². The van der Waals surface area contributed by atoms with Crippen molar-refractivity contribution in [2.75, 3.05) is 0 Å². The molecule has 0 fully saturated rings. The zero-order valence-electron chi connectivity index (χ0n) is 15.1.